The van der Waals surface area contributed by atoms with E-state index in [-0.39, 0.29) is 13.2 Å². The van der Waals surface area contributed by atoms with Crippen LogP contribution in [0.1, 0.15) is 53.0 Å². The van der Waals surface area contributed by atoms with Gasteiger partial charge in [0.05, 0.1) is 59.5 Å². The number of rotatable bonds is 28. The number of aliphatic hydroxyl groups excluding tert-OH is 2. The van der Waals surface area contributed by atoms with E-state index >= 15 is 0 Å². The predicted molar refractivity (Wildman–Crippen MR) is 239 cm³/mol. The number of nitrogens with zero attached hydrogens (tertiary/aromatic N) is 2. The van der Waals surface area contributed by atoms with Crippen LogP contribution in [0.2, 0.25) is 0 Å². The van der Waals surface area contributed by atoms with Gasteiger partial charge in [0.25, 0.3) is 0 Å². The first-order valence-electron chi connectivity index (χ1n) is 19.6. The summed E-state index contributed by atoms with van der Waals surface area (Å²) >= 11 is 1.90. The van der Waals surface area contributed by atoms with E-state index in [1.165, 1.54) is 12.2 Å². The second kappa shape index (κ2) is 59.4. The van der Waals surface area contributed by atoms with Crippen molar-refractivity contribution in [2.24, 2.45) is 0 Å². The summed E-state index contributed by atoms with van der Waals surface area (Å²) in [5.41, 5.74) is 3.12. The summed E-state index contributed by atoms with van der Waals surface area (Å²) in [7, 11) is 10.2. The molecule has 13 heteroatoms. The highest BCUT2D eigenvalue weighted by Gasteiger charge is 2.06. The van der Waals surface area contributed by atoms with E-state index in [1.54, 1.807) is 35.5 Å². The van der Waals surface area contributed by atoms with Crippen LogP contribution in [0.4, 0.5) is 5.69 Å². The van der Waals surface area contributed by atoms with Crippen molar-refractivity contribution in [3.05, 3.63) is 65.9 Å². The molecule has 1 aromatic rings. The maximum absolute atomic E-state index is 10.5. The molecule has 12 nitrogen and oxygen atoms in total. The van der Waals surface area contributed by atoms with Gasteiger partial charge >= 0.3 is 0 Å². The van der Waals surface area contributed by atoms with Crippen LogP contribution in [0.15, 0.2) is 60.3 Å². The van der Waals surface area contributed by atoms with Gasteiger partial charge in [-0.05, 0) is 74.2 Å². The summed E-state index contributed by atoms with van der Waals surface area (Å²) < 4.78 is 34.6. The Morgan fingerprint density at radius 2 is 1.30 bits per heavy atom. The molecule has 332 valence electrons. The van der Waals surface area contributed by atoms with Gasteiger partial charge in [0.15, 0.2) is 0 Å². The van der Waals surface area contributed by atoms with Crippen LogP contribution in [-0.2, 0) is 44.4 Å². The largest absolute Gasteiger partial charge is 0.396 e. The number of allylic oxidation sites excluding steroid dienone is 4. The van der Waals surface area contributed by atoms with Crippen LogP contribution in [0.5, 0.6) is 0 Å². The zero-order valence-electron chi connectivity index (χ0n) is 37.5. The number of carbonyl (C=O) groups is 1. The Morgan fingerprint density at radius 1 is 0.768 bits per heavy atom. The zero-order valence-corrected chi connectivity index (χ0v) is 38.3. The smallest absolute Gasteiger partial charge is 0.124 e. The molecular formula is C43H84N2O10S. The van der Waals surface area contributed by atoms with Gasteiger partial charge in [0.1, 0.15) is 6.29 Å². The van der Waals surface area contributed by atoms with E-state index in [0.717, 1.165) is 36.3 Å². The number of benzene rings is 1. The molecule has 0 heterocycles. The topological polar surface area (TPSA) is 129 Å². The van der Waals surface area contributed by atoms with E-state index in [4.69, 9.17) is 38.6 Å². The minimum atomic E-state index is 0.0914. The Labute approximate surface area is 347 Å². The standard InChI is InChI=1S/C15H23NO4.C15H27NO3.C5H12O2.C4H10S.C2H6O.C2H6/c1-19-12-13-20-11-8-16(7-10-18)15-4-2-14(3-5-15)6-9-17;1-4-6-15(8-11-17)7-5-9-16(2)10-12-19-14-13-18-3;1-3-7-5-4-6-2;1-3-4-5-2;1-3-2;1-2/h2-5,9,18H,6-8,10-13H2,1H3;4-7,9,17H,8,10-14H2,1-3H3;3-5H2,1-2H3;3-4H2,1-2H3;1-2H3;1-2H3/b;6-4-,9-5+,15-7+;;;;. The SMILES string of the molecule is CC.CCCSC.CCOCCOC.COC.COCCOCCN(CCO)c1ccc(CC=O)cc1.C\C=C/C(=C\C=C\N(C)CCOCCOC)CCO. The van der Waals surface area contributed by atoms with Crippen molar-refractivity contribution in [1.82, 2.24) is 4.90 Å². The number of carbonyl (C=O) groups excluding carboxylic acids is 1. The fraction of sp³-hybridized carbons (Fsp3) is 0.698. The highest BCUT2D eigenvalue weighted by atomic mass is 32.2. The number of likely N-dealkylation sites (N-methyl/N-ethyl adjacent to an activating group) is 1. The molecule has 0 aliphatic carbocycles. The molecule has 0 aliphatic rings. The van der Waals surface area contributed by atoms with Gasteiger partial charge in [-0.15, -0.1) is 0 Å². The van der Waals surface area contributed by atoms with Crippen molar-refractivity contribution in [3.63, 3.8) is 0 Å². The normalized spacial score (nSPS) is 10.4. The van der Waals surface area contributed by atoms with E-state index in [9.17, 15) is 4.79 Å². The summed E-state index contributed by atoms with van der Waals surface area (Å²) in [6.45, 7) is 18.4. The summed E-state index contributed by atoms with van der Waals surface area (Å²) in [6.07, 6.45) is 15.4. The zero-order chi connectivity index (χ0) is 43.3. The molecule has 0 saturated heterocycles. The monoisotopic (exact) mass is 821 g/mol. The van der Waals surface area contributed by atoms with Crippen molar-refractivity contribution in [3.8, 4) is 0 Å². The van der Waals surface area contributed by atoms with Gasteiger partial charge in [-0.3, -0.25) is 0 Å². The quantitative estimate of drug-likeness (QED) is 0.0537. The number of aldehydes is 1. The van der Waals surface area contributed by atoms with Crippen LogP contribution in [0.25, 0.3) is 0 Å². The van der Waals surface area contributed by atoms with Crippen LogP contribution >= 0.6 is 11.8 Å². The van der Waals surface area contributed by atoms with Crippen LogP contribution in [0, 0.1) is 0 Å². The molecule has 0 bridgehead atoms. The third-order valence-corrected chi connectivity index (χ3v) is 7.24. The molecule has 0 fully saturated rings. The molecule has 56 heavy (non-hydrogen) atoms. The fourth-order valence-electron chi connectivity index (χ4n) is 3.75. The van der Waals surface area contributed by atoms with E-state index in [1.807, 2.05) is 101 Å². The molecular weight excluding hydrogens is 737 g/mol. The number of thioether (sulfide) groups is 1. The Balaban J connectivity index is -0.000000221. The van der Waals surface area contributed by atoms with E-state index in [0.29, 0.717) is 78.8 Å². The summed E-state index contributed by atoms with van der Waals surface area (Å²) in [5, 5.41) is 18.1. The van der Waals surface area contributed by atoms with Gasteiger partial charge in [-0.1, -0.05) is 51.1 Å². The summed E-state index contributed by atoms with van der Waals surface area (Å²) in [5.74, 6) is 1.31. The van der Waals surface area contributed by atoms with Crippen LogP contribution < -0.4 is 4.90 Å². The molecule has 0 spiro atoms. The lowest BCUT2D eigenvalue weighted by Crippen LogP contribution is -2.30. The minimum absolute atomic E-state index is 0.0914. The second-order valence-electron chi connectivity index (χ2n) is 11.1. The average Bonchev–Trinajstić information content (AvgIpc) is 3.20. The maximum atomic E-state index is 10.5. The van der Waals surface area contributed by atoms with E-state index in [2.05, 4.69) is 27.7 Å². The van der Waals surface area contributed by atoms with Crippen molar-refractivity contribution < 1.29 is 48.2 Å². The second-order valence-corrected chi connectivity index (χ2v) is 12.1. The Kier molecular flexibility index (Phi) is 66.7. The maximum Gasteiger partial charge on any atom is 0.124 e. The molecule has 0 atom stereocenters. The third kappa shape index (κ3) is 53.8. The summed E-state index contributed by atoms with van der Waals surface area (Å²) in [4.78, 5) is 14.6. The molecule has 0 radical (unpaired) electrons. The molecule has 0 amide bonds. The van der Waals surface area contributed by atoms with Crippen LogP contribution in [-0.4, -0.2) is 168 Å². The molecule has 0 aliphatic heterocycles. The molecule has 2 N–H and O–H groups in total. The number of hydrogen-bond acceptors (Lipinski definition) is 13. The average molecular weight is 821 g/mol. The number of anilines is 1. The summed E-state index contributed by atoms with van der Waals surface area (Å²) in [6, 6.07) is 7.78. The van der Waals surface area contributed by atoms with Crippen molar-refractivity contribution in [1.29, 1.82) is 0 Å². The molecule has 0 unspecified atom stereocenters. The fourth-order valence-corrected chi connectivity index (χ4v) is 4.15. The first-order valence-corrected chi connectivity index (χ1v) is 21.0. The Bertz CT molecular complexity index is 932. The van der Waals surface area contributed by atoms with Gasteiger partial charge in [-0.25, -0.2) is 0 Å². The lowest BCUT2D eigenvalue weighted by atomic mass is 10.1. The molecule has 0 saturated carbocycles. The lowest BCUT2D eigenvalue weighted by Gasteiger charge is -2.24. The Morgan fingerprint density at radius 3 is 1.71 bits per heavy atom. The lowest BCUT2D eigenvalue weighted by molar-refractivity contribution is -0.107. The highest BCUT2D eigenvalue weighted by molar-refractivity contribution is 7.98. The molecule has 1 rings (SSSR count). The number of aliphatic hydroxyl groups is 2. The molecule has 0 aromatic heterocycles. The third-order valence-electron chi connectivity index (χ3n) is 6.42. The van der Waals surface area contributed by atoms with Gasteiger partial charge in [0, 0.05) is 87.6 Å². The predicted octanol–water partition coefficient (Wildman–Crippen LogP) is 6.59. The van der Waals surface area contributed by atoms with Crippen LogP contribution in [0.3, 0.4) is 0 Å². The van der Waals surface area contributed by atoms with Crippen molar-refractivity contribution in [2.45, 2.75) is 53.9 Å². The Hall–Kier alpha value is -2.30. The first kappa shape index (κ1) is 62.9. The highest BCUT2D eigenvalue weighted by Crippen LogP contribution is 2.15. The van der Waals surface area contributed by atoms with Crippen molar-refractivity contribution >= 4 is 23.7 Å². The minimum Gasteiger partial charge on any atom is -0.396 e. The van der Waals surface area contributed by atoms with E-state index < -0.39 is 0 Å². The number of ether oxygens (including phenoxy) is 7. The molecule has 1 aromatic carbocycles. The van der Waals surface area contributed by atoms with Gasteiger partial charge < -0.3 is 58.0 Å². The first-order chi connectivity index (χ1) is 27.3. The van der Waals surface area contributed by atoms with Crippen molar-refractivity contribution in [2.75, 3.05) is 152 Å². The number of methoxy groups -OCH3 is 4. The number of hydrogen-bond donors (Lipinski definition) is 2. The van der Waals surface area contributed by atoms with Gasteiger partial charge in [-0.2, -0.15) is 11.8 Å². The van der Waals surface area contributed by atoms with Gasteiger partial charge in [0.2, 0.25) is 0 Å².